The summed E-state index contributed by atoms with van der Waals surface area (Å²) in [5.74, 6) is -0.590. The topological polar surface area (TPSA) is 431 Å². The van der Waals surface area contributed by atoms with Gasteiger partial charge in [0.15, 0.2) is 6.10 Å². The molecule has 0 aromatic carbocycles. The number of phosphoric ester groups is 4. The van der Waals surface area contributed by atoms with Crippen LogP contribution in [-0.2, 0) is 64.7 Å². The molecule has 0 aromatic heterocycles. The van der Waals surface area contributed by atoms with Crippen molar-refractivity contribution in [2.45, 2.75) is 247 Å². The third kappa shape index (κ3) is 41.5. The zero-order chi connectivity index (χ0) is 59.9. The van der Waals surface area contributed by atoms with Crippen molar-refractivity contribution in [2.24, 2.45) is 0 Å². The van der Waals surface area contributed by atoms with Crippen LogP contribution in [0, 0.1) is 0 Å². The van der Waals surface area contributed by atoms with E-state index in [-0.39, 0.29) is 155 Å². The van der Waals surface area contributed by atoms with Crippen molar-refractivity contribution in [1.29, 1.82) is 0 Å². The number of thioether (sulfide) groups is 1. The predicted octanol–water partition coefficient (Wildman–Crippen LogP) is -7.62. The second-order valence-corrected chi connectivity index (χ2v) is 26.8. The Balaban J connectivity index is 0. The first-order valence-corrected chi connectivity index (χ1v) is 35.4. The van der Waals surface area contributed by atoms with Crippen LogP contribution in [0.5, 0.6) is 0 Å². The molecule has 2 aliphatic heterocycles. The van der Waals surface area contributed by atoms with Crippen LogP contribution in [-0.4, -0.2) is 134 Å². The number of unbranched alkanes of at least 4 members (excludes halogenated alkanes) is 20. The monoisotopic (exact) mass is 1350 g/mol. The Morgan fingerprint density at radius 2 is 1.06 bits per heavy atom. The summed E-state index contributed by atoms with van der Waals surface area (Å²) < 4.78 is 80.9. The first-order valence-electron chi connectivity index (χ1n) is 28.4. The maximum absolute atomic E-state index is 13.2. The molecule has 0 bridgehead atoms. The second-order valence-electron chi connectivity index (χ2n) is 20.7. The maximum atomic E-state index is 13.2. The van der Waals surface area contributed by atoms with E-state index in [2.05, 4.69) is 48.6 Å². The van der Waals surface area contributed by atoms with Crippen molar-refractivity contribution in [3.8, 4) is 0 Å². The summed E-state index contributed by atoms with van der Waals surface area (Å²) in [6.07, 6.45) is 9.27. The van der Waals surface area contributed by atoms with Crippen LogP contribution in [0.3, 0.4) is 0 Å². The zero-order valence-corrected chi connectivity index (χ0v) is 62.6. The average Bonchev–Trinajstić information content (AvgIpc) is 3.39. The van der Waals surface area contributed by atoms with Crippen molar-refractivity contribution >= 4 is 66.9 Å². The molecule has 12 atom stereocenters. The first kappa shape index (κ1) is 89.2. The molecule has 8 N–H and O–H groups in total. The average molecular weight is 1350 g/mol. The molecule has 36 heteroatoms. The number of amides is 3. The number of allylic oxidation sites excluding steroid dienone is 2. The van der Waals surface area contributed by atoms with E-state index in [1.54, 1.807) is 0 Å². The van der Waals surface area contributed by atoms with Crippen molar-refractivity contribution in [3.05, 3.63) is 12.2 Å². The van der Waals surface area contributed by atoms with Gasteiger partial charge in [0.25, 0.3) is 31.3 Å². The number of aliphatic hydroxyl groups excluding tert-OH is 2. The van der Waals surface area contributed by atoms with E-state index in [9.17, 15) is 81.9 Å². The summed E-state index contributed by atoms with van der Waals surface area (Å²) in [6, 6.07) is 0.241. The number of nitrogens with one attached hydrogen (secondary N) is 3. The fourth-order valence-corrected chi connectivity index (χ4v) is 13.8. The van der Waals surface area contributed by atoms with Gasteiger partial charge in [-0.3, -0.25) is 32.6 Å². The third-order valence-corrected chi connectivity index (χ3v) is 17.8. The Labute approximate surface area is 593 Å². The molecule has 0 radical (unpaired) electrons. The van der Waals surface area contributed by atoms with E-state index in [0.29, 0.717) is 37.5 Å². The van der Waals surface area contributed by atoms with Crippen LogP contribution in [0.2, 0.25) is 0 Å². The van der Waals surface area contributed by atoms with E-state index in [1.807, 2.05) is 11.8 Å². The number of carbonyl (C=O) groups excluding carboxylic acids is 4. The summed E-state index contributed by atoms with van der Waals surface area (Å²) >= 11 is 1.86. The first-order chi connectivity index (χ1) is 38.3. The Hall–Kier alpha value is 2.13. The van der Waals surface area contributed by atoms with E-state index in [1.165, 1.54) is 38.5 Å². The molecule has 472 valence electrons. The van der Waals surface area contributed by atoms with Gasteiger partial charge in [-0.1, -0.05) is 122 Å². The summed E-state index contributed by atoms with van der Waals surface area (Å²) in [5.41, 5.74) is 0. The number of urea groups is 1. The molecule has 2 heterocycles. The number of ether oxygens (including phenoxy) is 2. The third-order valence-electron chi connectivity index (χ3n) is 13.8. The van der Waals surface area contributed by atoms with Gasteiger partial charge in [-0.25, -0.2) is 4.79 Å². The number of hydrogen-bond acceptors (Lipinski definition) is 22. The van der Waals surface area contributed by atoms with Crippen molar-refractivity contribution < 1.29 is 232 Å². The van der Waals surface area contributed by atoms with E-state index in [4.69, 9.17) is 18.5 Å². The molecule has 27 nitrogen and oxygen atoms in total. The molecule has 12 unspecified atom stereocenters. The largest absolute Gasteiger partial charge is 1.00 e. The van der Waals surface area contributed by atoms with Gasteiger partial charge >= 0.3 is 136 Å². The van der Waals surface area contributed by atoms with Gasteiger partial charge in [-0.05, 0) is 57.8 Å². The van der Waals surface area contributed by atoms with Crippen molar-refractivity contribution in [3.63, 3.8) is 0 Å². The Kier molecular flexibility index (Phi) is 51.2. The minimum Gasteiger partial charge on any atom is -0.756 e. The number of carbonyl (C=O) groups is 4. The van der Waals surface area contributed by atoms with Crippen LogP contribution < -0.4 is 154 Å². The second kappa shape index (κ2) is 48.8. The number of aliphatic hydroxyl groups is 2. The normalized spacial score (nSPS) is 24.9. The SMILES string of the molecule is CCCCCCCCC=CCCCCCCCC(=O)OCC(COP(=O)([O-])OC1C(O)C(OP(=O)([O-])O)C(OP(=O)([O-])O)C(OP(=O)([O-])O)C1O)OC(=O)CCCCCCCCCCCNC(=O)CCCCC1SCC2NC(=O)NC21.[Na+].[Na+].[Na+].[Na+]. The standard InChI is InChI=1S/C49H91N3O24P4S.4Na/c1-2-3-4-5-6-7-8-9-10-11-12-14-17-20-23-30-40(54)70-33-36(34-71-80(68,69)76-45-43(56)46(73-77(59,60)61)48(75-79(65,66)67)47(44(45)57)74-78(62,63)64)72-41(55)31-24-21-18-15-13-16-19-22-27-32-50-39(53)29-26-25-28-38-42-37(35-81-38)51-49(58)52-42;;;;/h9-10,36-38,42-48,56-57H,2-8,11-35H2,1H3,(H,50,53)(H,68,69)(H2,51,52,58)(H2,59,60,61)(H2,62,63,64)(H2,65,66,67);;;;/q;4*+1/p-4. The molecule has 1 aliphatic carbocycles. The van der Waals surface area contributed by atoms with Gasteiger partial charge in [-0.15, -0.1) is 0 Å². The summed E-state index contributed by atoms with van der Waals surface area (Å²) in [7, 11) is -24.3. The molecule has 3 aliphatic rings. The van der Waals surface area contributed by atoms with Crippen LogP contribution in [0.25, 0.3) is 0 Å². The summed E-state index contributed by atoms with van der Waals surface area (Å²) in [5, 5.41) is 31.0. The van der Waals surface area contributed by atoms with E-state index >= 15 is 0 Å². The molecule has 2 saturated heterocycles. The Morgan fingerprint density at radius 3 is 1.58 bits per heavy atom. The number of phosphoric acid groups is 4. The molecule has 1 saturated carbocycles. The molecule has 85 heavy (non-hydrogen) atoms. The molecular weight excluding hydrogens is 1260 g/mol. The van der Waals surface area contributed by atoms with Crippen LogP contribution in [0.15, 0.2) is 12.2 Å². The number of esters is 2. The number of hydrogen-bond donors (Lipinski definition) is 8. The Bertz CT molecular complexity index is 2070. The van der Waals surface area contributed by atoms with Gasteiger partial charge in [0.05, 0.1) is 18.7 Å². The molecule has 3 amide bonds. The van der Waals surface area contributed by atoms with Gasteiger partial charge < -0.3 is 92.5 Å². The van der Waals surface area contributed by atoms with Gasteiger partial charge in [-0.2, -0.15) is 11.8 Å². The molecule has 0 spiro atoms. The minimum absolute atomic E-state index is 0. The van der Waals surface area contributed by atoms with E-state index in [0.717, 1.165) is 108 Å². The fourth-order valence-electron chi connectivity index (χ4n) is 9.64. The number of fused-ring (bicyclic) bond motifs is 1. The maximum Gasteiger partial charge on any atom is 1.00 e. The minimum atomic E-state index is -6.11. The smallest absolute Gasteiger partial charge is 0.756 e. The fraction of sp³-hybridized carbons (Fsp3) is 0.878. The van der Waals surface area contributed by atoms with Gasteiger partial charge in [0.2, 0.25) is 5.91 Å². The van der Waals surface area contributed by atoms with Gasteiger partial charge in [0, 0.05) is 36.8 Å². The zero-order valence-electron chi connectivity index (χ0n) is 50.2. The van der Waals surface area contributed by atoms with Crippen LogP contribution >= 0.6 is 43.1 Å². The summed E-state index contributed by atoms with van der Waals surface area (Å²) in [4.78, 5) is 126. The van der Waals surface area contributed by atoms with E-state index < -0.39 is 99.2 Å². The predicted molar refractivity (Wildman–Crippen MR) is 288 cm³/mol. The van der Waals surface area contributed by atoms with Gasteiger partial charge in [0.1, 0.15) is 43.2 Å². The van der Waals surface area contributed by atoms with Crippen molar-refractivity contribution in [2.75, 3.05) is 25.5 Å². The Morgan fingerprint density at radius 1 is 0.600 bits per heavy atom. The molecular formula is C49H87N3Na4O24P4S. The molecule has 3 rings (SSSR count). The molecule has 3 fully saturated rings. The van der Waals surface area contributed by atoms with Crippen molar-refractivity contribution in [1.82, 2.24) is 16.0 Å². The quantitative estimate of drug-likeness (QED) is 0.00701. The van der Waals surface area contributed by atoms with Crippen LogP contribution in [0.1, 0.15) is 187 Å². The number of rotatable bonds is 46. The summed E-state index contributed by atoms with van der Waals surface area (Å²) in [6.45, 7) is 0.956. The van der Waals surface area contributed by atoms with Crippen LogP contribution in [0.4, 0.5) is 4.79 Å². The molecule has 0 aromatic rings.